The number of nitrogens with zero attached hydrogens (tertiary/aromatic N) is 2. The van der Waals surface area contributed by atoms with Crippen molar-refractivity contribution in [1.82, 2.24) is 14.5 Å². The minimum Gasteiger partial charge on any atom is -0.476 e. The van der Waals surface area contributed by atoms with Crippen molar-refractivity contribution < 1.29 is 35.9 Å². The fourth-order valence-electron chi connectivity index (χ4n) is 3.03. The number of amides is 1. The van der Waals surface area contributed by atoms with Gasteiger partial charge in [0.25, 0.3) is 5.91 Å². The quantitative estimate of drug-likeness (QED) is 0.327. The van der Waals surface area contributed by atoms with Gasteiger partial charge >= 0.3 is 6.18 Å². The van der Waals surface area contributed by atoms with E-state index < -0.39 is 27.7 Å². The van der Waals surface area contributed by atoms with E-state index in [9.17, 15) is 26.4 Å². The van der Waals surface area contributed by atoms with E-state index in [1.54, 1.807) is 6.07 Å². The molecule has 0 aliphatic heterocycles. The molecule has 0 saturated heterocycles. The molecule has 0 unspecified atom stereocenters. The summed E-state index contributed by atoms with van der Waals surface area (Å²) in [7, 11) is -2.39. The molecule has 1 N–H and O–H groups in total. The number of alkyl halides is 3. The third-order valence-electron chi connectivity index (χ3n) is 5.08. The molecule has 1 aromatic heterocycles. The predicted molar refractivity (Wildman–Crippen MR) is 123 cm³/mol. The summed E-state index contributed by atoms with van der Waals surface area (Å²) in [5.41, 5.74) is -0.126. The van der Waals surface area contributed by atoms with E-state index in [1.807, 2.05) is 4.72 Å². The first kappa shape index (κ1) is 27.0. The van der Waals surface area contributed by atoms with Crippen LogP contribution in [0.5, 0.6) is 5.88 Å². The number of nitrogens with one attached hydrogen (secondary N) is 1. The van der Waals surface area contributed by atoms with Gasteiger partial charge in [-0.25, -0.2) is 13.1 Å². The van der Waals surface area contributed by atoms with E-state index in [2.05, 4.69) is 5.10 Å². The highest BCUT2D eigenvalue weighted by molar-refractivity contribution is 7.90. The zero-order chi connectivity index (χ0) is 25.6. The predicted octanol–water partition coefficient (Wildman–Crippen LogP) is 3.89. The number of methoxy groups -OCH3 is 1. The molecule has 0 spiro atoms. The highest BCUT2D eigenvalue weighted by Gasteiger charge is 2.31. The van der Waals surface area contributed by atoms with Crippen molar-refractivity contribution in [2.75, 3.05) is 26.1 Å². The van der Waals surface area contributed by atoms with E-state index in [0.29, 0.717) is 23.8 Å². The molecule has 35 heavy (non-hydrogen) atoms. The van der Waals surface area contributed by atoms with Gasteiger partial charge in [0, 0.05) is 30.9 Å². The number of hydrogen-bond donors (Lipinski definition) is 1. The summed E-state index contributed by atoms with van der Waals surface area (Å²) in [5.74, 6) is -0.405. The molecule has 1 aromatic carbocycles. The molecular weight excluding hydrogens is 511 g/mol. The topological polar surface area (TPSA) is 99.5 Å². The number of benzene rings is 1. The molecule has 1 saturated carbocycles. The van der Waals surface area contributed by atoms with Gasteiger partial charge in [0.05, 0.1) is 30.2 Å². The van der Waals surface area contributed by atoms with Crippen LogP contribution in [0.25, 0.3) is 6.08 Å². The van der Waals surface area contributed by atoms with Crippen LogP contribution in [0.1, 0.15) is 36.1 Å². The van der Waals surface area contributed by atoms with E-state index in [1.165, 1.54) is 23.9 Å². The smallest absolute Gasteiger partial charge is 0.416 e. The van der Waals surface area contributed by atoms with Gasteiger partial charge in [-0.05, 0) is 49.0 Å². The third kappa shape index (κ3) is 8.55. The molecule has 1 amide bonds. The van der Waals surface area contributed by atoms with Gasteiger partial charge in [0.15, 0.2) is 0 Å². The standard InChI is InChI=1S/C22H25ClF3N3O5S/c1-33-9-2-10-35(31,32)28-20(30)8-7-18-12-21(34-14-15-3-4-15)27-29(18)13-16-5-6-17(11-19(16)23)22(24,25)26/h5-8,11-12,15H,2-4,9-10,13-14H2,1H3,(H,28,30). The van der Waals surface area contributed by atoms with Gasteiger partial charge in [-0.15, -0.1) is 5.10 Å². The van der Waals surface area contributed by atoms with Crippen LogP contribution in [0.4, 0.5) is 13.2 Å². The van der Waals surface area contributed by atoms with Crippen molar-refractivity contribution >= 4 is 33.6 Å². The summed E-state index contributed by atoms with van der Waals surface area (Å²) in [6, 6.07) is 4.57. The zero-order valence-corrected chi connectivity index (χ0v) is 20.4. The van der Waals surface area contributed by atoms with Gasteiger partial charge in [0.2, 0.25) is 15.9 Å². The molecular formula is C22H25ClF3N3O5S. The highest BCUT2D eigenvalue weighted by atomic mass is 35.5. The second-order valence-corrected chi connectivity index (χ2v) is 10.3. The molecule has 8 nitrogen and oxygen atoms in total. The Kier molecular flexibility index (Phi) is 8.84. The van der Waals surface area contributed by atoms with Crippen LogP contribution in [-0.4, -0.2) is 50.2 Å². The van der Waals surface area contributed by atoms with Gasteiger partial charge in [-0.2, -0.15) is 13.2 Å². The molecule has 1 aliphatic rings. The number of rotatable bonds is 12. The van der Waals surface area contributed by atoms with Gasteiger partial charge in [-0.3, -0.25) is 9.48 Å². The average Bonchev–Trinajstić information content (AvgIpc) is 3.51. The molecule has 13 heteroatoms. The second-order valence-electron chi connectivity index (χ2n) is 8.09. The first-order valence-electron chi connectivity index (χ1n) is 10.7. The Hall–Kier alpha value is -2.57. The maximum Gasteiger partial charge on any atom is 0.416 e. The number of carbonyl (C=O) groups is 1. The van der Waals surface area contributed by atoms with Crippen LogP contribution in [0.2, 0.25) is 5.02 Å². The van der Waals surface area contributed by atoms with E-state index in [0.717, 1.165) is 31.1 Å². The van der Waals surface area contributed by atoms with Gasteiger partial charge in [0.1, 0.15) is 0 Å². The molecule has 1 fully saturated rings. The fourth-order valence-corrected chi connectivity index (χ4v) is 4.25. The molecule has 192 valence electrons. The van der Waals surface area contributed by atoms with E-state index >= 15 is 0 Å². The normalized spacial score (nSPS) is 14.4. The maximum atomic E-state index is 12.9. The van der Waals surface area contributed by atoms with E-state index in [4.69, 9.17) is 21.1 Å². The van der Waals surface area contributed by atoms with Crippen LogP contribution in [0.3, 0.4) is 0 Å². The summed E-state index contributed by atoms with van der Waals surface area (Å²) in [6.07, 6.45) is 0.199. The lowest BCUT2D eigenvalue weighted by Gasteiger charge is -2.11. The Morgan fingerprint density at radius 3 is 2.69 bits per heavy atom. The van der Waals surface area contributed by atoms with Crippen molar-refractivity contribution in [2.24, 2.45) is 5.92 Å². The van der Waals surface area contributed by atoms with Crippen LogP contribution in [-0.2, 0) is 32.3 Å². The van der Waals surface area contributed by atoms with E-state index in [-0.39, 0.29) is 36.2 Å². The fraction of sp³-hybridized carbons (Fsp3) is 0.455. The number of ether oxygens (including phenoxy) is 2. The molecule has 1 heterocycles. The van der Waals surface area contributed by atoms with Crippen LogP contribution < -0.4 is 9.46 Å². The molecule has 1 aliphatic carbocycles. The molecule has 2 aromatic rings. The molecule has 3 rings (SSSR count). The first-order chi connectivity index (χ1) is 16.5. The maximum absolute atomic E-state index is 12.9. The van der Waals surface area contributed by atoms with Gasteiger partial charge < -0.3 is 9.47 Å². The minimum atomic E-state index is -4.52. The summed E-state index contributed by atoms with van der Waals surface area (Å²) < 4.78 is 76.6. The average molecular weight is 536 g/mol. The van der Waals surface area contributed by atoms with Crippen molar-refractivity contribution in [1.29, 1.82) is 0 Å². The van der Waals surface area contributed by atoms with Crippen LogP contribution in [0, 0.1) is 5.92 Å². The Balaban J connectivity index is 1.76. The zero-order valence-electron chi connectivity index (χ0n) is 18.8. The number of aromatic nitrogens is 2. The number of carbonyl (C=O) groups excluding carboxylic acids is 1. The van der Waals surface area contributed by atoms with Crippen molar-refractivity contribution in [3.8, 4) is 5.88 Å². The third-order valence-corrected chi connectivity index (χ3v) is 6.77. The first-order valence-corrected chi connectivity index (χ1v) is 12.8. The Morgan fingerprint density at radius 2 is 2.06 bits per heavy atom. The minimum absolute atomic E-state index is 0.000365. The molecule has 0 radical (unpaired) electrons. The largest absolute Gasteiger partial charge is 0.476 e. The Morgan fingerprint density at radius 1 is 1.31 bits per heavy atom. The summed E-state index contributed by atoms with van der Waals surface area (Å²) in [5, 5.41) is 4.23. The SMILES string of the molecule is COCCCS(=O)(=O)NC(=O)C=Cc1cc(OCC2CC2)nn1Cc1ccc(C(F)(F)F)cc1Cl. The van der Waals surface area contributed by atoms with Crippen molar-refractivity contribution in [2.45, 2.75) is 32.0 Å². The van der Waals surface area contributed by atoms with Crippen LogP contribution >= 0.6 is 11.6 Å². The summed E-state index contributed by atoms with van der Waals surface area (Å²) in [4.78, 5) is 12.2. The highest BCUT2D eigenvalue weighted by Crippen LogP contribution is 2.33. The van der Waals surface area contributed by atoms with Crippen molar-refractivity contribution in [3.63, 3.8) is 0 Å². The summed E-state index contributed by atoms with van der Waals surface area (Å²) >= 11 is 6.08. The van der Waals surface area contributed by atoms with Crippen LogP contribution in [0.15, 0.2) is 30.3 Å². The lowest BCUT2D eigenvalue weighted by atomic mass is 10.1. The number of sulfonamides is 1. The number of halogens is 4. The molecule has 0 atom stereocenters. The van der Waals surface area contributed by atoms with Crippen molar-refractivity contribution in [3.05, 3.63) is 52.2 Å². The Labute approximate surface area is 206 Å². The summed E-state index contributed by atoms with van der Waals surface area (Å²) in [6.45, 7) is 0.710. The molecule has 0 bridgehead atoms. The lowest BCUT2D eigenvalue weighted by Crippen LogP contribution is -2.31. The van der Waals surface area contributed by atoms with Gasteiger partial charge in [-0.1, -0.05) is 17.7 Å². The lowest BCUT2D eigenvalue weighted by molar-refractivity contribution is -0.137. The Bertz CT molecular complexity index is 1180. The number of hydrogen-bond acceptors (Lipinski definition) is 6. The monoisotopic (exact) mass is 535 g/mol. The second kappa shape index (κ2) is 11.4.